The number of ether oxygens (including phenoxy) is 2. The van der Waals surface area contributed by atoms with E-state index in [0.29, 0.717) is 18.9 Å². The van der Waals surface area contributed by atoms with Crippen molar-refractivity contribution in [1.29, 1.82) is 0 Å². The Morgan fingerprint density at radius 2 is 1.77 bits per heavy atom. The average Bonchev–Trinajstić information content (AvgIpc) is 3.33. The van der Waals surface area contributed by atoms with Gasteiger partial charge in [0.15, 0.2) is 0 Å². The number of nitrogens with zero attached hydrogens (tertiary/aromatic N) is 2. The molecule has 3 rings (SSSR count). The molecule has 1 aliphatic heterocycles. The molecule has 1 aromatic carbocycles. The number of carbonyl (C=O) groups is 3. The molecule has 0 saturated carbocycles. The van der Waals surface area contributed by atoms with Gasteiger partial charge in [0.05, 0.1) is 13.5 Å². The van der Waals surface area contributed by atoms with Gasteiger partial charge in [-0.1, -0.05) is 43.7 Å². The maximum absolute atomic E-state index is 13.6. The number of alkyl carbamates (subject to hydrolysis) is 1. The lowest BCUT2D eigenvalue weighted by atomic mass is 9.88. The van der Waals surface area contributed by atoms with Gasteiger partial charge >= 0.3 is 12.1 Å². The van der Waals surface area contributed by atoms with E-state index in [1.807, 2.05) is 58.9 Å². The van der Waals surface area contributed by atoms with Crippen molar-refractivity contribution in [2.24, 2.45) is 5.92 Å². The van der Waals surface area contributed by atoms with Crippen LogP contribution in [0.2, 0.25) is 0 Å². The highest BCUT2D eigenvalue weighted by Crippen LogP contribution is 2.34. The first-order valence-electron chi connectivity index (χ1n) is 13.7. The highest BCUT2D eigenvalue weighted by molar-refractivity contribution is 5.88. The van der Waals surface area contributed by atoms with Gasteiger partial charge in [0.2, 0.25) is 5.91 Å². The van der Waals surface area contributed by atoms with E-state index in [1.54, 1.807) is 4.90 Å². The zero-order valence-electron chi connectivity index (χ0n) is 24.6. The SMILES string of the molecule is COC(=O)C1CCCN1C(=O)Cc1c(C)nc(CC(C)C)c(CNC(=O)OC(C)(C)C)c1-c1ccc(C)cc1. The largest absolute Gasteiger partial charge is 0.467 e. The molecule has 2 heterocycles. The molecule has 1 saturated heterocycles. The maximum atomic E-state index is 13.6. The van der Waals surface area contributed by atoms with Gasteiger partial charge in [-0.25, -0.2) is 9.59 Å². The quantitative estimate of drug-likeness (QED) is 0.459. The summed E-state index contributed by atoms with van der Waals surface area (Å²) in [7, 11) is 1.35. The summed E-state index contributed by atoms with van der Waals surface area (Å²) in [6, 6.07) is 7.60. The summed E-state index contributed by atoms with van der Waals surface area (Å²) < 4.78 is 10.5. The number of aromatic nitrogens is 1. The first-order valence-corrected chi connectivity index (χ1v) is 13.7. The van der Waals surface area contributed by atoms with Crippen molar-refractivity contribution < 1.29 is 23.9 Å². The number of nitrogens with one attached hydrogen (secondary N) is 1. The van der Waals surface area contributed by atoms with Gasteiger partial charge in [-0.2, -0.15) is 0 Å². The fraction of sp³-hybridized carbons (Fsp3) is 0.548. The maximum Gasteiger partial charge on any atom is 0.407 e. The molecular formula is C31H43N3O5. The van der Waals surface area contributed by atoms with Crippen LogP contribution in [0.5, 0.6) is 0 Å². The van der Waals surface area contributed by atoms with Crippen molar-refractivity contribution in [3.8, 4) is 11.1 Å². The number of benzene rings is 1. The number of amides is 2. The van der Waals surface area contributed by atoms with Crippen LogP contribution in [0.3, 0.4) is 0 Å². The molecule has 1 atom stereocenters. The number of likely N-dealkylation sites (tertiary alicyclic amines) is 1. The summed E-state index contributed by atoms with van der Waals surface area (Å²) in [5.41, 5.74) is 5.67. The van der Waals surface area contributed by atoms with E-state index < -0.39 is 17.7 Å². The third-order valence-electron chi connectivity index (χ3n) is 6.82. The topological polar surface area (TPSA) is 97.8 Å². The van der Waals surface area contributed by atoms with Crippen molar-refractivity contribution in [2.45, 2.75) is 92.3 Å². The Labute approximate surface area is 232 Å². The molecule has 1 N–H and O–H groups in total. The number of carbonyl (C=O) groups excluding carboxylic acids is 3. The van der Waals surface area contributed by atoms with Crippen LogP contribution in [0.4, 0.5) is 4.79 Å². The standard InChI is InChI=1S/C31H43N3O5/c1-19(2)16-25-24(18-32-30(37)39-31(5,6)7)28(22-13-11-20(3)12-14-22)23(21(4)33-25)17-27(35)34-15-9-10-26(34)29(36)38-8/h11-14,19,26H,9-10,15-18H2,1-8H3,(H,32,37). The monoisotopic (exact) mass is 537 g/mol. The summed E-state index contributed by atoms with van der Waals surface area (Å²) in [6.45, 7) is 14.4. The van der Waals surface area contributed by atoms with Crippen LogP contribution in [-0.2, 0) is 38.4 Å². The highest BCUT2D eigenvalue weighted by Gasteiger charge is 2.35. The molecule has 0 bridgehead atoms. The van der Waals surface area contributed by atoms with Gasteiger partial charge in [0.25, 0.3) is 0 Å². The summed E-state index contributed by atoms with van der Waals surface area (Å²) in [5.74, 6) is -0.186. The van der Waals surface area contributed by atoms with E-state index in [2.05, 4.69) is 19.2 Å². The number of esters is 1. The molecule has 1 aliphatic rings. The summed E-state index contributed by atoms with van der Waals surface area (Å²) in [5, 5.41) is 2.92. The van der Waals surface area contributed by atoms with Crippen LogP contribution in [0.15, 0.2) is 24.3 Å². The third kappa shape index (κ3) is 7.80. The second kappa shape index (κ2) is 12.6. The Morgan fingerprint density at radius 1 is 1.10 bits per heavy atom. The van der Waals surface area contributed by atoms with E-state index in [1.165, 1.54) is 7.11 Å². The smallest absolute Gasteiger partial charge is 0.407 e. The van der Waals surface area contributed by atoms with Crippen LogP contribution in [0.1, 0.15) is 75.5 Å². The summed E-state index contributed by atoms with van der Waals surface area (Å²) in [4.78, 5) is 45.2. The molecule has 212 valence electrons. The van der Waals surface area contributed by atoms with Crippen molar-refractivity contribution in [3.63, 3.8) is 0 Å². The first-order chi connectivity index (χ1) is 18.3. The Morgan fingerprint density at radius 3 is 2.36 bits per heavy atom. The number of aryl methyl sites for hydroxylation is 2. The van der Waals surface area contributed by atoms with Gasteiger partial charge in [-0.3, -0.25) is 9.78 Å². The summed E-state index contributed by atoms with van der Waals surface area (Å²) >= 11 is 0. The minimum atomic E-state index is -0.625. The lowest BCUT2D eigenvalue weighted by Crippen LogP contribution is -2.42. The fourth-order valence-electron chi connectivity index (χ4n) is 5.05. The Bertz CT molecular complexity index is 1200. The molecule has 1 unspecified atom stereocenters. The molecule has 0 aliphatic carbocycles. The zero-order chi connectivity index (χ0) is 28.9. The fourth-order valence-corrected chi connectivity index (χ4v) is 5.05. The number of hydrogen-bond acceptors (Lipinski definition) is 6. The number of hydrogen-bond donors (Lipinski definition) is 1. The Balaban J connectivity index is 2.11. The molecule has 1 fully saturated rings. The second-order valence-electron chi connectivity index (χ2n) is 11.7. The molecular weight excluding hydrogens is 494 g/mol. The van der Waals surface area contributed by atoms with E-state index >= 15 is 0 Å². The molecule has 1 aromatic heterocycles. The lowest BCUT2D eigenvalue weighted by Gasteiger charge is -2.26. The lowest BCUT2D eigenvalue weighted by molar-refractivity contribution is -0.150. The third-order valence-corrected chi connectivity index (χ3v) is 6.82. The van der Waals surface area contributed by atoms with Crippen molar-refractivity contribution in [3.05, 3.63) is 52.3 Å². The Kier molecular flexibility index (Phi) is 9.75. The zero-order valence-corrected chi connectivity index (χ0v) is 24.6. The normalized spacial score (nSPS) is 15.4. The first kappa shape index (κ1) is 30.1. The molecule has 0 radical (unpaired) electrons. The number of rotatable bonds is 8. The average molecular weight is 538 g/mol. The van der Waals surface area contributed by atoms with Crippen molar-refractivity contribution in [1.82, 2.24) is 15.2 Å². The van der Waals surface area contributed by atoms with Gasteiger partial charge in [-0.05, 0) is 76.5 Å². The van der Waals surface area contributed by atoms with E-state index in [0.717, 1.165) is 52.0 Å². The van der Waals surface area contributed by atoms with E-state index in [-0.39, 0.29) is 24.8 Å². The van der Waals surface area contributed by atoms with Crippen LogP contribution < -0.4 is 5.32 Å². The van der Waals surface area contributed by atoms with Crippen LogP contribution >= 0.6 is 0 Å². The Hall–Kier alpha value is -3.42. The van der Waals surface area contributed by atoms with E-state index in [4.69, 9.17) is 14.5 Å². The van der Waals surface area contributed by atoms with E-state index in [9.17, 15) is 14.4 Å². The van der Waals surface area contributed by atoms with Crippen LogP contribution in [-0.4, -0.2) is 53.2 Å². The van der Waals surface area contributed by atoms with Crippen LogP contribution in [0.25, 0.3) is 11.1 Å². The molecule has 8 heteroatoms. The van der Waals surface area contributed by atoms with Crippen LogP contribution in [0, 0.1) is 19.8 Å². The second-order valence-corrected chi connectivity index (χ2v) is 11.7. The van der Waals surface area contributed by atoms with Crippen molar-refractivity contribution in [2.75, 3.05) is 13.7 Å². The molecule has 2 aromatic rings. The highest BCUT2D eigenvalue weighted by atomic mass is 16.6. The number of pyridine rings is 1. The minimum absolute atomic E-state index is 0.0942. The van der Waals surface area contributed by atoms with Gasteiger partial charge in [0, 0.05) is 30.0 Å². The molecule has 0 spiro atoms. The van der Waals surface area contributed by atoms with Gasteiger partial charge < -0.3 is 19.7 Å². The summed E-state index contributed by atoms with van der Waals surface area (Å²) in [6.07, 6.45) is 1.65. The predicted octanol–water partition coefficient (Wildman–Crippen LogP) is 5.30. The van der Waals surface area contributed by atoms with Crippen molar-refractivity contribution >= 4 is 18.0 Å². The minimum Gasteiger partial charge on any atom is -0.467 e. The number of methoxy groups -OCH3 is 1. The molecule has 2 amide bonds. The predicted molar refractivity (Wildman–Crippen MR) is 151 cm³/mol. The molecule has 39 heavy (non-hydrogen) atoms. The van der Waals surface area contributed by atoms with Gasteiger partial charge in [0.1, 0.15) is 11.6 Å². The molecule has 8 nitrogen and oxygen atoms in total. The van der Waals surface area contributed by atoms with Gasteiger partial charge in [-0.15, -0.1) is 0 Å².